The molecule has 26 heavy (non-hydrogen) atoms. The average molecular weight is 353 g/mol. The van der Waals surface area contributed by atoms with Crippen LogP contribution in [0.15, 0.2) is 30.3 Å². The summed E-state index contributed by atoms with van der Waals surface area (Å²) in [7, 11) is 2.16. The predicted octanol–water partition coefficient (Wildman–Crippen LogP) is 3.69. The quantitative estimate of drug-likeness (QED) is 0.828. The minimum absolute atomic E-state index is 0.278. The van der Waals surface area contributed by atoms with E-state index in [4.69, 9.17) is 0 Å². The normalized spacial score (nSPS) is 39.3. The van der Waals surface area contributed by atoms with E-state index >= 15 is 0 Å². The topological polar surface area (TPSA) is 23.6 Å². The lowest BCUT2D eigenvalue weighted by Crippen LogP contribution is -2.56. The summed E-state index contributed by atoms with van der Waals surface area (Å²) >= 11 is 0. The number of rotatable bonds is 3. The summed E-state index contributed by atoms with van der Waals surface area (Å²) in [5.41, 5.74) is 2.18. The van der Waals surface area contributed by atoms with Gasteiger partial charge in [0.05, 0.1) is 0 Å². The fraction of sp³-hybridized carbons (Fsp3) is 0.696. The van der Waals surface area contributed by atoms with Gasteiger partial charge in [0.1, 0.15) is 0 Å². The van der Waals surface area contributed by atoms with E-state index in [0.29, 0.717) is 11.3 Å². The smallest absolute Gasteiger partial charge is 0.223 e. The first-order valence-electron chi connectivity index (χ1n) is 10.6. The van der Waals surface area contributed by atoms with E-state index in [-0.39, 0.29) is 5.41 Å². The molecule has 0 N–H and O–H groups in total. The summed E-state index contributed by atoms with van der Waals surface area (Å²) in [5.74, 6) is 2.12. The molecule has 6 rings (SSSR count). The minimum atomic E-state index is 0.278. The molecule has 1 amide bonds. The Balaban J connectivity index is 1.38. The first kappa shape index (κ1) is 16.8. The molecule has 3 heteroatoms. The van der Waals surface area contributed by atoms with E-state index in [1.807, 2.05) is 0 Å². The highest BCUT2D eigenvalue weighted by molar-refractivity contribution is 5.77. The van der Waals surface area contributed by atoms with Crippen LogP contribution in [0.2, 0.25) is 0 Å². The SMILES string of the molecule is CN1CCN(C(=O)CC23C[C@H]4C[C@H](C2)CC(c2ccccc2)(C4)C3)CC1. The summed E-state index contributed by atoms with van der Waals surface area (Å²) in [6.07, 6.45) is 8.79. The number of benzene rings is 1. The van der Waals surface area contributed by atoms with Gasteiger partial charge >= 0.3 is 0 Å². The van der Waals surface area contributed by atoms with Crippen LogP contribution < -0.4 is 0 Å². The van der Waals surface area contributed by atoms with E-state index in [0.717, 1.165) is 44.4 Å². The van der Waals surface area contributed by atoms with Crippen LogP contribution in [0.3, 0.4) is 0 Å². The second kappa shape index (κ2) is 6.09. The molecule has 1 saturated heterocycles. The Morgan fingerprint density at radius 3 is 2.31 bits per heavy atom. The number of hydrogen-bond donors (Lipinski definition) is 0. The van der Waals surface area contributed by atoms with Crippen LogP contribution in [0, 0.1) is 17.3 Å². The maximum absolute atomic E-state index is 13.1. The van der Waals surface area contributed by atoms with E-state index in [1.54, 1.807) is 5.56 Å². The molecular weight excluding hydrogens is 320 g/mol. The van der Waals surface area contributed by atoms with Gasteiger partial charge in [0, 0.05) is 32.6 Å². The molecule has 5 fully saturated rings. The molecule has 0 unspecified atom stereocenters. The van der Waals surface area contributed by atoms with Crippen LogP contribution in [-0.4, -0.2) is 48.9 Å². The van der Waals surface area contributed by atoms with Crippen LogP contribution in [0.5, 0.6) is 0 Å². The lowest BCUT2D eigenvalue weighted by Gasteiger charge is -2.62. The number of likely N-dealkylation sites (N-methyl/N-ethyl adjacent to an activating group) is 1. The number of carbonyl (C=O) groups is 1. The number of carbonyl (C=O) groups excluding carboxylic acids is 1. The third-order valence-corrected chi connectivity index (χ3v) is 7.95. The van der Waals surface area contributed by atoms with Gasteiger partial charge in [-0.3, -0.25) is 4.79 Å². The van der Waals surface area contributed by atoms with Gasteiger partial charge in [-0.25, -0.2) is 0 Å². The molecule has 1 aromatic rings. The Hall–Kier alpha value is -1.35. The zero-order valence-corrected chi connectivity index (χ0v) is 16.1. The van der Waals surface area contributed by atoms with Crippen molar-refractivity contribution in [2.75, 3.05) is 33.2 Å². The number of nitrogens with zero attached hydrogens (tertiary/aromatic N) is 2. The van der Waals surface area contributed by atoms with Crippen molar-refractivity contribution in [1.29, 1.82) is 0 Å². The number of amides is 1. The maximum Gasteiger partial charge on any atom is 0.223 e. The van der Waals surface area contributed by atoms with E-state index in [2.05, 4.69) is 47.2 Å². The molecule has 2 atom stereocenters. The van der Waals surface area contributed by atoms with Gasteiger partial charge in [-0.2, -0.15) is 0 Å². The van der Waals surface area contributed by atoms with Gasteiger partial charge in [-0.1, -0.05) is 30.3 Å². The van der Waals surface area contributed by atoms with E-state index in [9.17, 15) is 4.79 Å². The lowest BCUT2D eigenvalue weighted by molar-refractivity contribution is -0.142. The zero-order valence-electron chi connectivity index (χ0n) is 16.1. The van der Waals surface area contributed by atoms with Crippen LogP contribution in [-0.2, 0) is 10.2 Å². The molecule has 4 aliphatic carbocycles. The first-order valence-corrected chi connectivity index (χ1v) is 10.6. The average Bonchev–Trinajstić information content (AvgIpc) is 2.61. The second-order valence-electron chi connectivity index (χ2n) is 9.97. The van der Waals surface area contributed by atoms with Crippen molar-refractivity contribution in [3.63, 3.8) is 0 Å². The van der Waals surface area contributed by atoms with Crippen molar-refractivity contribution in [3.05, 3.63) is 35.9 Å². The molecule has 0 spiro atoms. The van der Waals surface area contributed by atoms with E-state index < -0.39 is 0 Å². The Morgan fingerprint density at radius 2 is 1.65 bits per heavy atom. The molecule has 0 aromatic heterocycles. The van der Waals surface area contributed by atoms with Crippen molar-refractivity contribution < 1.29 is 4.79 Å². The molecule has 5 aliphatic rings. The van der Waals surface area contributed by atoms with Crippen molar-refractivity contribution in [1.82, 2.24) is 9.80 Å². The molecule has 4 saturated carbocycles. The molecular formula is C23H32N2O. The lowest BCUT2D eigenvalue weighted by atomic mass is 9.42. The van der Waals surface area contributed by atoms with Crippen LogP contribution in [0.4, 0.5) is 0 Å². The monoisotopic (exact) mass is 352 g/mol. The van der Waals surface area contributed by atoms with Crippen LogP contribution in [0.1, 0.15) is 50.5 Å². The summed E-state index contributed by atoms with van der Waals surface area (Å²) in [6.45, 7) is 3.89. The molecule has 0 radical (unpaired) electrons. The van der Waals surface area contributed by atoms with Gasteiger partial charge in [-0.05, 0) is 73.8 Å². The van der Waals surface area contributed by atoms with Crippen molar-refractivity contribution in [2.24, 2.45) is 17.3 Å². The molecule has 1 aliphatic heterocycles. The fourth-order valence-corrected chi connectivity index (χ4v) is 7.28. The summed E-state index contributed by atoms with van der Waals surface area (Å²) in [6, 6.07) is 11.2. The van der Waals surface area contributed by atoms with Crippen molar-refractivity contribution in [3.8, 4) is 0 Å². The highest BCUT2D eigenvalue weighted by Crippen LogP contribution is 2.66. The molecule has 1 aromatic carbocycles. The number of hydrogen-bond acceptors (Lipinski definition) is 2. The van der Waals surface area contributed by atoms with Crippen molar-refractivity contribution in [2.45, 2.75) is 50.4 Å². The zero-order chi connectivity index (χ0) is 17.8. The van der Waals surface area contributed by atoms with Crippen LogP contribution >= 0.6 is 0 Å². The largest absolute Gasteiger partial charge is 0.340 e. The molecule has 4 bridgehead atoms. The van der Waals surface area contributed by atoms with Gasteiger partial charge in [0.25, 0.3) is 0 Å². The first-order chi connectivity index (χ1) is 12.6. The highest BCUT2D eigenvalue weighted by Gasteiger charge is 2.58. The Labute approximate surface area is 157 Å². The molecule has 3 nitrogen and oxygen atoms in total. The molecule has 140 valence electrons. The second-order valence-corrected chi connectivity index (χ2v) is 9.97. The van der Waals surface area contributed by atoms with Gasteiger partial charge in [-0.15, -0.1) is 0 Å². The Bertz CT molecular complexity index is 663. The highest BCUT2D eigenvalue weighted by atomic mass is 16.2. The third kappa shape index (κ3) is 2.79. The summed E-state index contributed by atoms with van der Waals surface area (Å²) in [4.78, 5) is 17.6. The number of piperazine rings is 1. The maximum atomic E-state index is 13.1. The molecule has 1 heterocycles. The third-order valence-electron chi connectivity index (χ3n) is 7.95. The summed E-state index contributed by atoms with van der Waals surface area (Å²) in [5, 5.41) is 0. The Kier molecular flexibility index (Phi) is 3.93. The van der Waals surface area contributed by atoms with Crippen molar-refractivity contribution >= 4 is 5.91 Å². The van der Waals surface area contributed by atoms with Gasteiger partial charge in [0.2, 0.25) is 5.91 Å². The minimum Gasteiger partial charge on any atom is -0.340 e. The van der Waals surface area contributed by atoms with Gasteiger partial charge in [0.15, 0.2) is 0 Å². The van der Waals surface area contributed by atoms with Crippen LogP contribution in [0.25, 0.3) is 0 Å². The standard InChI is InChI=1S/C23H32N2O/c1-24-7-9-25(10-8-24)21(26)16-22-12-18-11-19(13-22)15-23(14-18,17-22)20-5-3-2-4-6-20/h2-6,18-19H,7-17H2,1H3/t18-,19-,22?,23?/m1/s1. The van der Waals surface area contributed by atoms with E-state index in [1.165, 1.54) is 38.5 Å². The van der Waals surface area contributed by atoms with Gasteiger partial charge < -0.3 is 9.80 Å². The summed E-state index contributed by atoms with van der Waals surface area (Å²) < 4.78 is 0. The predicted molar refractivity (Wildman–Crippen MR) is 104 cm³/mol. The Morgan fingerprint density at radius 1 is 1.00 bits per heavy atom. The fourth-order valence-electron chi connectivity index (χ4n) is 7.28.